The summed E-state index contributed by atoms with van der Waals surface area (Å²) in [6.07, 6.45) is 6.57. The Morgan fingerprint density at radius 1 is 1.18 bits per heavy atom. The third-order valence-corrected chi connectivity index (χ3v) is 1.95. The smallest absolute Gasteiger partial charge is 0.335 e. The predicted molar refractivity (Wildman–Crippen MR) is 66.0 cm³/mol. The fourth-order valence-corrected chi connectivity index (χ4v) is 1.13. The second-order valence-electron chi connectivity index (χ2n) is 3.26. The van der Waals surface area contributed by atoms with Gasteiger partial charge in [0.1, 0.15) is 0 Å². The normalized spacial score (nSPS) is 10.9. The van der Waals surface area contributed by atoms with Gasteiger partial charge in [-0.2, -0.15) is 0 Å². The number of hydrogen-bond donors (Lipinski definition) is 2. The van der Waals surface area contributed by atoms with Crippen molar-refractivity contribution in [1.29, 1.82) is 0 Å². The summed E-state index contributed by atoms with van der Waals surface area (Å²) in [5.41, 5.74) is 0.748. The van der Waals surface area contributed by atoms with Crippen LogP contribution >= 0.6 is 0 Å². The highest BCUT2D eigenvalue weighted by atomic mass is 16.4. The second kappa shape index (κ2) is 6.27. The predicted octanol–water partition coefficient (Wildman–Crippen LogP) is 2.46. The van der Waals surface area contributed by atoms with Crippen LogP contribution in [0.15, 0.2) is 48.6 Å². The van der Waals surface area contributed by atoms with Gasteiger partial charge in [0.15, 0.2) is 0 Å². The lowest BCUT2D eigenvalue weighted by Crippen LogP contribution is -2.07. The van der Waals surface area contributed by atoms with Gasteiger partial charge >= 0.3 is 5.97 Å². The molecule has 0 aliphatic carbocycles. The van der Waals surface area contributed by atoms with Crippen LogP contribution in [-0.2, 0) is 4.79 Å². The van der Waals surface area contributed by atoms with Crippen molar-refractivity contribution < 1.29 is 14.7 Å². The first-order valence-electron chi connectivity index (χ1n) is 5.07. The Morgan fingerprint density at radius 2 is 1.82 bits per heavy atom. The van der Waals surface area contributed by atoms with E-state index in [2.05, 4.69) is 5.32 Å². The summed E-state index contributed by atoms with van der Waals surface area (Å²) in [7, 11) is 0. The molecule has 17 heavy (non-hydrogen) atoms. The highest BCUT2D eigenvalue weighted by molar-refractivity contribution is 5.99. The minimum Gasteiger partial charge on any atom is -0.478 e. The highest BCUT2D eigenvalue weighted by Gasteiger charge is 2.02. The second-order valence-corrected chi connectivity index (χ2v) is 3.26. The zero-order chi connectivity index (χ0) is 12.7. The lowest BCUT2D eigenvalue weighted by Gasteiger charge is -2.01. The minimum atomic E-state index is -0.990. The number of aromatic carboxylic acids is 1. The van der Waals surface area contributed by atoms with Crippen molar-refractivity contribution in [2.75, 3.05) is 5.32 Å². The highest BCUT2D eigenvalue weighted by Crippen LogP contribution is 2.09. The van der Waals surface area contributed by atoms with E-state index in [-0.39, 0.29) is 11.5 Å². The molecule has 0 fully saturated rings. The number of hydrogen-bond acceptors (Lipinski definition) is 2. The number of allylic oxidation sites excluding steroid dienone is 3. The molecule has 0 unspecified atom stereocenters. The van der Waals surface area contributed by atoms with Gasteiger partial charge in [-0.05, 0) is 31.2 Å². The standard InChI is InChI=1S/C13H13NO3/c1-2-3-4-5-12(15)14-11-8-6-10(7-9-11)13(16)17/h2-9H,1H3,(H,14,15)(H,16,17)/b3-2+,5-4+. The Morgan fingerprint density at radius 3 is 2.35 bits per heavy atom. The van der Waals surface area contributed by atoms with Gasteiger partial charge in [-0.15, -0.1) is 0 Å². The molecule has 1 amide bonds. The largest absolute Gasteiger partial charge is 0.478 e. The molecular formula is C13H13NO3. The van der Waals surface area contributed by atoms with Crippen molar-refractivity contribution >= 4 is 17.6 Å². The van der Waals surface area contributed by atoms with Crippen LogP contribution in [0.5, 0.6) is 0 Å². The van der Waals surface area contributed by atoms with E-state index in [1.54, 1.807) is 24.3 Å². The molecule has 2 N–H and O–H groups in total. The number of anilines is 1. The van der Waals surface area contributed by atoms with Crippen molar-refractivity contribution in [3.63, 3.8) is 0 Å². The van der Waals surface area contributed by atoms with E-state index in [0.29, 0.717) is 5.69 Å². The molecule has 0 atom stereocenters. The van der Waals surface area contributed by atoms with Crippen LogP contribution in [0.4, 0.5) is 5.69 Å². The average Bonchev–Trinajstić information content (AvgIpc) is 2.30. The Hall–Kier alpha value is -2.36. The molecule has 0 spiro atoms. The van der Waals surface area contributed by atoms with Crippen LogP contribution in [-0.4, -0.2) is 17.0 Å². The topological polar surface area (TPSA) is 66.4 Å². The van der Waals surface area contributed by atoms with E-state index >= 15 is 0 Å². The molecule has 0 heterocycles. The molecule has 1 rings (SSSR count). The molecule has 0 bridgehead atoms. The molecule has 1 aromatic rings. The number of benzene rings is 1. The third-order valence-electron chi connectivity index (χ3n) is 1.95. The maximum absolute atomic E-state index is 11.4. The van der Waals surface area contributed by atoms with Gasteiger partial charge in [-0.25, -0.2) is 4.79 Å². The van der Waals surface area contributed by atoms with Gasteiger partial charge in [-0.3, -0.25) is 4.79 Å². The van der Waals surface area contributed by atoms with E-state index in [9.17, 15) is 9.59 Å². The Kier molecular flexibility index (Phi) is 4.69. The Balaban J connectivity index is 2.63. The van der Waals surface area contributed by atoms with Crippen molar-refractivity contribution in [2.45, 2.75) is 6.92 Å². The van der Waals surface area contributed by atoms with E-state index in [4.69, 9.17) is 5.11 Å². The zero-order valence-electron chi connectivity index (χ0n) is 9.38. The SMILES string of the molecule is C/C=C/C=C/C(=O)Nc1ccc(C(=O)O)cc1. The van der Waals surface area contributed by atoms with Crippen molar-refractivity contribution in [3.8, 4) is 0 Å². The first-order valence-corrected chi connectivity index (χ1v) is 5.07. The van der Waals surface area contributed by atoms with Gasteiger partial charge in [0.25, 0.3) is 0 Å². The first kappa shape index (κ1) is 12.7. The molecule has 0 aliphatic heterocycles. The molecule has 0 aliphatic rings. The summed E-state index contributed by atoms with van der Waals surface area (Å²) >= 11 is 0. The van der Waals surface area contributed by atoms with Gasteiger partial charge in [0.05, 0.1) is 5.56 Å². The van der Waals surface area contributed by atoms with Crippen LogP contribution in [0.25, 0.3) is 0 Å². The first-order chi connectivity index (χ1) is 8.13. The van der Waals surface area contributed by atoms with Gasteiger partial charge in [0.2, 0.25) is 5.91 Å². The molecule has 4 nitrogen and oxygen atoms in total. The minimum absolute atomic E-state index is 0.187. The fourth-order valence-electron chi connectivity index (χ4n) is 1.13. The fraction of sp³-hybridized carbons (Fsp3) is 0.0769. The summed E-state index contributed by atoms with van der Waals surface area (Å²) in [5, 5.41) is 11.3. The number of amides is 1. The molecular weight excluding hydrogens is 218 g/mol. The molecule has 0 aromatic heterocycles. The van der Waals surface area contributed by atoms with Crippen molar-refractivity contribution in [3.05, 3.63) is 54.1 Å². The summed E-state index contributed by atoms with van der Waals surface area (Å²) in [6, 6.07) is 5.97. The quantitative estimate of drug-likeness (QED) is 0.618. The van der Waals surface area contributed by atoms with Crippen LogP contribution < -0.4 is 5.32 Å². The van der Waals surface area contributed by atoms with Crippen LogP contribution in [0.1, 0.15) is 17.3 Å². The van der Waals surface area contributed by atoms with Crippen molar-refractivity contribution in [2.24, 2.45) is 0 Å². The van der Waals surface area contributed by atoms with Crippen LogP contribution in [0, 0.1) is 0 Å². The molecule has 1 aromatic carbocycles. The summed E-state index contributed by atoms with van der Waals surface area (Å²) in [4.78, 5) is 22.0. The Labute approximate surface area is 99.3 Å². The number of carboxylic acid groups (broad SMARTS) is 1. The van der Waals surface area contributed by atoms with Gasteiger partial charge < -0.3 is 10.4 Å². The lowest BCUT2D eigenvalue weighted by molar-refractivity contribution is -0.111. The monoisotopic (exact) mass is 231 g/mol. The summed E-state index contributed by atoms with van der Waals surface area (Å²) in [6.45, 7) is 1.85. The van der Waals surface area contributed by atoms with E-state index < -0.39 is 5.97 Å². The number of nitrogens with one attached hydrogen (secondary N) is 1. The van der Waals surface area contributed by atoms with E-state index in [0.717, 1.165) is 0 Å². The molecule has 0 saturated heterocycles. The molecule has 88 valence electrons. The van der Waals surface area contributed by atoms with Gasteiger partial charge in [-0.1, -0.05) is 18.2 Å². The number of carboxylic acids is 1. The summed E-state index contributed by atoms with van der Waals surface area (Å²) < 4.78 is 0. The number of carbonyl (C=O) groups excluding carboxylic acids is 1. The maximum atomic E-state index is 11.4. The third kappa shape index (κ3) is 4.34. The average molecular weight is 231 g/mol. The number of carbonyl (C=O) groups is 2. The lowest BCUT2D eigenvalue weighted by atomic mass is 10.2. The maximum Gasteiger partial charge on any atom is 0.335 e. The van der Waals surface area contributed by atoms with Crippen LogP contribution in [0.3, 0.4) is 0 Å². The molecule has 0 saturated carbocycles. The van der Waals surface area contributed by atoms with Crippen LogP contribution in [0.2, 0.25) is 0 Å². The molecule has 4 heteroatoms. The number of rotatable bonds is 4. The zero-order valence-corrected chi connectivity index (χ0v) is 9.38. The Bertz CT molecular complexity index is 458. The van der Waals surface area contributed by atoms with Gasteiger partial charge in [0, 0.05) is 11.8 Å². The van der Waals surface area contributed by atoms with E-state index in [1.165, 1.54) is 18.2 Å². The molecule has 0 radical (unpaired) electrons. The summed E-state index contributed by atoms with van der Waals surface area (Å²) in [5.74, 6) is -1.25. The van der Waals surface area contributed by atoms with E-state index in [1.807, 2.05) is 13.0 Å². The van der Waals surface area contributed by atoms with Crippen molar-refractivity contribution in [1.82, 2.24) is 0 Å².